The number of carbonyl (C=O) groups is 1. The number of amides is 1. The number of benzene rings is 1. The molecule has 23 heavy (non-hydrogen) atoms. The van der Waals surface area contributed by atoms with Gasteiger partial charge in [-0.25, -0.2) is 0 Å². The van der Waals surface area contributed by atoms with Crippen molar-refractivity contribution in [3.05, 3.63) is 42.2 Å². The summed E-state index contributed by atoms with van der Waals surface area (Å²) in [5.41, 5.74) is 1.61. The van der Waals surface area contributed by atoms with E-state index in [4.69, 9.17) is 4.74 Å². The third kappa shape index (κ3) is 3.16. The van der Waals surface area contributed by atoms with Gasteiger partial charge in [-0.15, -0.1) is 0 Å². The van der Waals surface area contributed by atoms with Gasteiger partial charge in [0, 0.05) is 38.9 Å². The van der Waals surface area contributed by atoms with Crippen LogP contribution < -0.4 is 9.64 Å². The zero-order valence-electron chi connectivity index (χ0n) is 13.6. The Bertz CT molecular complexity index is 675. The summed E-state index contributed by atoms with van der Waals surface area (Å²) in [5.74, 6) is 0.880. The van der Waals surface area contributed by atoms with E-state index in [1.54, 1.807) is 17.9 Å². The molecule has 1 fully saturated rings. The van der Waals surface area contributed by atoms with Crippen molar-refractivity contribution in [2.75, 3.05) is 38.2 Å². The van der Waals surface area contributed by atoms with Gasteiger partial charge in [0.25, 0.3) is 5.91 Å². The molecule has 1 aliphatic rings. The third-order valence-electron chi connectivity index (χ3n) is 4.18. The summed E-state index contributed by atoms with van der Waals surface area (Å²) in [7, 11) is 1.68. The van der Waals surface area contributed by atoms with E-state index in [-0.39, 0.29) is 5.91 Å². The highest BCUT2D eigenvalue weighted by atomic mass is 16.5. The standard InChI is InChI=1S/C17H22N4O2/c1-3-21-9-8-14(18-21)17(22)20-12-10-19(11-13-20)15-6-4-5-7-16(15)23-2/h4-9H,3,10-13H2,1-2H3. The Hall–Kier alpha value is -2.50. The lowest BCUT2D eigenvalue weighted by atomic mass is 10.2. The van der Waals surface area contributed by atoms with Gasteiger partial charge < -0.3 is 14.5 Å². The predicted molar refractivity (Wildman–Crippen MR) is 89.0 cm³/mol. The van der Waals surface area contributed by atoms with Crippen LogP contribution in [0, 0.1) is 0 Å². The van der Waals surface area contributed by atoms with Crippen LogP contribution in [-0.2, 0) is 6.54 Å². The Labute approximate surface area is 136 Å². The lowest BCUT2D eigenvalue weighted by Gasteiger charge is -2.36. The molecule has 122 valence electrons. The van der Waals surface area contributed by atoms with Crippen LogP contribution >= 0.6 is 0 Å². The number of piperazine rings is 1. The zero-order valence-corrected chi connectivity index (χ0v) is 13.6. The van der Waals surface area contributed by atoms with Crippen molar-refractivity contribution in [3.63, 3.8) is 0 Å². The summed E-state index contributed by atoms with van der Waals surface area (Å²) in [5, 5.41) is 4.30. The summed E-state index contributed by atoms with van der Waals surface area (Å²) in [6.45, 7) is 5.75. The molecular formula is C17H22N4O2. The van der Waals surface area contributed by atoms with Crippen molar-refractivity contribution in [2.24, 2.45) is 0 Å². The summed E-state index contributed by atoms with van der Waals surface area (Å²) >= 11 is 0. The van der Waals surface area contributed by atoms with E-state index in [0.717, 1.165) is 31.1 Å². The maximum absolute atomic E-state index is 12.5. The van der Waals surface area contributed by atoms with Crippen molar-refractivity contribution in [1.82, 2.24) is 14.7 Å². The molecule has 0 atom stereocenters. The lowest BCUT2D eigenvalue weighted by molar-refractivity contribution is 0.0740. The summed E-state index contributed by atoms with van der Waals surface area (Å²) in [4.78, 5) is 16.6. The Morgan fingerprint density at radius 2 is 1.91 bits per heavy atom. The molecule has 1 saturated heterocycles. The molecule has 6 heteroatoms. The molecule has 2 heterocycles. The predicted octanol–water partition coefficient (Wildman–Crippen LogP) is 1.87. The second-order valence-corrected chi connectivity index (χ2v) is 5.51. The minimum Gasteiger partial charge on any atom is -0.495 e. The molecule has 0 saturated carbocycles. The van der Waals surface area contributed by atoms with E-state index in [0.29, 0.717) is 18.8 Å². The zero-order chi connectivity index (χ0) is 16.2. The molecule has 0 spiro atoms. The topological polar surface area (TPSA) is 50.6 Å². The van der Waals surface area contributed by atoms with Gasteiger partial charge in [-0.2, -0.15) is 5.10 Å². The first-order valence-corrected chi connectivity index (χ1v) is 7.93. The monoisotopic (exact) mass is 314 g/mol. The Morgan fingerprint density at radius 3 is 2.57 bits per heavy atom. The summed E-state index contributed by atoms with van der Waals surface area (Å²) in [6, 6.07) is 9.78. The Kier molecular flexibility index (Phi) is 4.50. The largest absolute Gasteiger partial charge is 0.495 e. The molecule has 0 radical (unpaired) electrons. The minimum absolute atomic E-state index is 0.0110. The lowest BCUT2D eigenvalue weighted by Crippen LogP contribution is -2.49. The Morgan fingerprint density at radius 1 is 1.17 bits per heavy atom. The van der Waals surface area contributed by atoms with E-state index in [1.807, 2.05) is 36.2 Å². The first-order valence-electron chi connectivity index (χ1n) is 7.93. The normalized spacial score (nSPS) is 14.9. The highest BCUT2D eigenvalue weighted by molar-refractivity contribution is 5.92. The number of para-hydroxylation sites is 2. The highest BCUT2D eigenvalue weighted by Gasteiger charge is 2.24. The molecule has 1 aliphatic heterocycles. The van der Waals surface area contributed by atoms with Crippen LogP contribution in [0.1, 0.15) is 17.4 Å². The minimum atomic E-state index is 0.0110. The first-order chi connectivity index (χ1) is 11.2. The van der Waals surface area contributed by atoms with Crippen LogP contribution in [0.4, 0.5) is 5.69 Å². The molecule has 2 aromatic rings. The second kappa shape index (κ2) is 6.73. The fourth-order valence-corrected chi connectivity index (χ4v) is 2.86. The van der Waals surface area contributed by atoms with E-state index in [2.05, 4.69) is 16.1 Å². The number of carbonyl (C=O) groups excluding carboxylic acids is 1. The van der Waals surface area contributed by atoms with Gasteiger partial charge in [0.05, 0.1) is 12.8 Å². The van der Waals surface area contributed by atoms with Gasteiger partial charge >= 0.3 is 0 Å². The van der Waals surface area contributed by atoms with Crippen molar-refractivity contribution >= 4 is 11.6 Å². The SMILES string of the molecule is CCn1ccc(C(=O)N2CCN(c3ccccc3OC)CC2)n1. The average Bonchev–Trinajstić information content (AvgIpc) is 3.10. The van der Waals surface area contributed by atoms with Gasteiger partial charge in [-0.3, -0.25) is 9.48 Å². The molecule has 0 unspecified atom stereocenters. The summed E-state index contributed by atoms with van der Waals surface area (Å²) < 4.78 is 7.20. The number of ether oxygens (including phenoxy) is 1. The molecule has 0 bridgehead atoms. The quantitative estimate of drug-likeness (QED) is 0.864. The number of nitrogens with zero attached hydrogens (tertiary/aromatic N) is 4. The van der Waals surface area contributed by atoms with Crippen LogP contribution in [0.25, 0.3) is 0 Å². The molecule has 6 nitrogen and oxygen atoms in total. The summed E-state index contributed by atoms with van der Waals surface area (Å²) in [6.07, 6.45) is 1.85. The maximum atomic E-state index is 12.5. The molecular weight excluding hydrogens is 292 g/mol. The molecule has 0 N–H and O–H groups in total. The van der Waals surface area contributed by atoms with Gasteiger partial charge in [0.2, 0.25) is 0 Å². The number of aryl methyl sites for hydroxylation is 1. The number of aromatic nitrogens is 2. The fourth-order valence-electron chi connectivity index (χ4n) is 2.86. The van der Waals surface area contributed by atoms with Crippen molar-refractivity contribution in [1.29, 1.82) is 0 Å². The van der Waals surface area contributed by atoms with Crippen molar-refractivity contribution in [2.45, 2.75) is 13.5 Å². The highest BCUT2D eigenvalue weighted by Crippen LogP contribution is 2.28. The fraction of sp³-hybridized carbons (Fsp3) is 0.412. The molecule has 1 aromatic heterocycles. The van der Waals surface area contributed by atoms with Crippen LogP contribution in [0.2, 0.25) is 0 Å². The number of hydrogen-bond acceptors (Lipinski definition) is 4. The van der Waals surface area contributed by atoms with Crippen LogP contribution in [0.5, 0.6) is 5.75 Å². The van der Waals surface area contributed by atoms with Gasteiger partial charge in [0.15, 0.2) is 0 Å². The van der Waals surface area contributed by atoms with Crippen molar-refractivity contribution in [3.8, 4) is 5.75 Å². The van der Waals surface area contributed by atoms with Gasteiger partial charge in [0.1, 0.15) is 11.4 Å². The number of rotatable bonds is 4. The van der Waals surface area contributed by atoms with Gasteiger partial charge in [-0.05, 0) is 25.1 Å². The molecule has 1 aromatic carbocycles. The van der Waals surface area contributed by atoms with E-state index >= 15 is 0 Å². The molecule has 0 aliphatic carbocycles. The second-order valence-electron chi connectivity index (χ2n) is 5.51. The smallest absolute Gasteiger partial charge is 0.274 e. The molecule has 3 rings (SSSR count). The van der Waals surface area contributed by atoms with Crippen LogP contribution in [0.3, 0.4) is 0 Å². The van der Waals surface area contributed by atoms with E-state index in [9.17, 15) is 4.79 Å². The van der Waals surface area contributed by atoms with Crippen LogP contribution in [0.15, 0.2) is 36.5 Å². The van der Waals surface area contributed by atoms with Gasteiger partial charge in [-0.1, -0.05) is 12.1 Å². The maximum Gasteiger partial charge on any atom is 0.274 e. The number of anilines is 1. The average molecular weight is 314 g/mol. The molecule has 1 amide bonds. The van der Waals surface area contributed by atoms with E-state index in [1.165, 1.54) is 0 Å². The first kappa shape index (κ1) is 15.4. The van der Waals surface area contributed by atoms with Crippen LogP contribution in [-0.4, -0.2) is 53.9 Å². The number of methoxy groups -OCH3 is 1. The third-order valence-corrected chi connectivity index (χ3v) is 4.18. The van der Waals surface area contributed by atoms with E-state index < -0.39 is 0 Å². The van der Waals surface area contributed by atoms with Crippen molar-refractivity contribution < 1.29 is 9.53 Å². The Balaban J connectivity index is 1.65. The number of hydrogen-bond donors (Lipinski definition) is 0.